The van der Waals surface area contributed by atoms with Crippen molar-refractivity contribution in [2.24, 2.45) is 0 Å². The normalized spacial score (nSPS) is 13.2. The van der Waals surface area contributed by atoms with E-state index in [-0.39, 0.29) is 0 Å². The highest BCUT2D eigenvalue weighted by Crippen LogP contribution is 2.25. The molecule has 0 aliphatic carbocycles. The van der Waals surface area contributed by atoms with E-state index in [0.717, 1.165) is 12.2 Å². The predicted octanol–water partition coefficient (Wildman–Crippen LogP) is 3.17. The molecule has 3 heteroatoms. The number of hydrogen-bond donors (Lipinski definition) is 0. The Morgan fingerprint density at radius 2 is 2.21 bits per heavy atom. The number of aryl methyl sites for hydroxylation is 1. The molecule has 1 rings (SSSR count). The van der Waals surface area contributed by atoms with Gasteiger partial charge >= 0.3 is 0 Å². The van der Waals surface area contributed by atoms with Gasteiger partial charge in [0.15, 0.2) is 0 Å². The Labute approximate surface area is 99.9 Å². The van der Waals surface area contributed by atoms with Crippen molar-refractivity contribution in [1.29, 1.82) is 0 Å². The SMILES string of the molecule is CCCN(C)[C@@H](I)c1ccc(C)nc1. The second kappa shape index (κ2) is 5.66. The summed E-state index contributed by atoms with van der Waals surface area (Å²) in [6.45, 7) is 5.34. The molecule has 0 spiro atoms. The fraction of sp³-hybridized carbons (Fsp3) is 0.545. The first-order chi connectivity index (χ1) is 6.65. The number of halogens is 1. The molecule has 0 aliphatic heterocycles. The molecule has 0 saturated carbocycles. The van der Waals surface area contributed by atoms with Crippen LogP contribution < -0.4 is 0 Å². The van der Waals surface area contributed by atoms with Gasteiger partial charge in [0.2, 0.25) is 0 Å². The van der Waals surface area contributed by atoms with Crippen LogP contribution in [-0.4, -0.2) is 23.5 Å². The Bertz CT molecular complexity index is 271. The van der Waals surface area contributed by atoms with Crippen LogP contribution in [-0.2, 0) is 0 Å². The van der Waals surface area contributed by atoms with Crippen LogP contribution >= 0.6 is 22.6 Å². The van der Waals surface area contributed by atoms with E-state index in [2.05, 4.69) is 58.6 Å². The average Bonchev–Trinajstić information content (AvgIpc) is 2.18. The Morgan fingerprint density at radius 1 is 1.50 bits per heavy atom. The van der Waals surface area contributed by atoms with E-state index < -0.39 is 0 Å². The van der Waals surface area contributed by atoms with Crippen molar-refractivity contribution in [2.45, 2.75) is 24.3 Å². The third kappa shape index (κ3) is 3.20. The van der Waals surface area contributed by atoms with Crippen molar-refractivity contribution in [2.75, 3.05) is 13.6 Å². The van der Waals surface area contributed by atoms with Gasteiger partial charge in [-0.3, -0.25) is 9.88 Å². The number of aromatic nitrogens is 1. The zero-order valence-electron chi connectivity index (χ0n) is 9.00. The summed E-state index contributed by atoms with van der Waals surface area (Å²) in [5.41, 5.74) is 2.36. The first-order valence-electron chi connectivity index (χ1n) is 4.92. The summed E-state index contributed by atoms with van der Waals surface area (Å²) >= 11 is 2.45. The lowest BCUT2D eigenvalue weighted by Crippen LogP contribution is -2.21. The lowest BCUT2D eigenvalue weighted by molar-refractivity contribution is 0.330. The number of hydrogen-bond acceptors (Lipinski definition) is 2. The van der Waals surface area contributed by atoms with Gasteiger partial charge in [-0.2, -0.15) is 0 Å². The van der Waals surface area contributed by atoms with Gasteiger partial charge in [0, 0.05) is 11.9 Å². The quantitative estimate of drug-likeness (QED) is 0.482. The Balaban J connectivity index is 2.68. The fourth-order valence-corrected chi connectivity index (χ4v) is 1.99. The molecule has 0 bridgehead atoms. The van der Waals surface area contributed by atoms with Gasteiger partial charge < -0.3 is 0 Å². The molecule has 14 heavy (non-hydrogen) atoms. The monoisotopic (exact) mass is 304 g/mol. The lowest BCUT2D eigenvalue weighted by Gasteiger charge is -2.22. The van der Waals surface area contributed by atoms with E-state index in [4.69, 9.17) is 0 Å². The highest BCUT2D eigenvalue weighted by Gasteiger charge is 2.11. The van der Waals surface area contributed by atoms with E-state index in [1.807, 2.05) is 13.1 Å². The molecule has 0 fully saturated rings. The van der Waals surface area contributed by atoms with E-state index in [0.29, 0.717) is 4.05 Å². The van der Waals surface area contributed by atoms with E-state index >= 15 is 0 Å². The summed E-state index contributed by atoms with van der Waals surface area (Å²) in [5.74, 6) is 0. The van der Waals surface area contributed by atoms with Gasteiger partial charge in [-0.25, -0.2) is 0 Å². The molecule has 0 aromatic carbocycles. The maximum atomic E-state index is 4.31. The molecular weight excluding hydrogens is 287 g/mol. The Hall–Kier alpha value is -0.160. The summed E-state index contributed by atoms with van der Waals surface area (Å²) in [5, 5.41) is 0. The molecule has 1 aromatic heterocycles. The minimum atomic E-state index is 0.431. The first-order valence-corrected chi connectivity index (χ1v) is 6.16. The first kappa shape index (κ1) is 11.9. The molecule has 0 amide bonds. The van der Waals surface area contributed by atoms with Gasteiger partial charge in [-0.15, -0.1) is 0 Å². The van der Waals surface area contributed by atoms with Gasteiger partial charge in [0.05, 0.1) is 4.05 Å². The van der Waals surface area contributed by atoms with Crippen molar-refractivity contribution in [1.82, 2.24) is 9.88 Å². The molecular formula is C11H17IN2. The molecule has 1 atom stereocenters. The number of alkyl halides is 1. The lowest BCUT2D eigenvalue weighted by atomic mass is 10.2. The fourth-order valence-electron chi connectivity index (χ4n) is 1.34. The van der Waals surface area contributed by atoms with Crippen LogP contribution in [0.15, 0.2) is 18.3 Å². The Kier molecular flexibility index (Phi) is 4.81. The highest BCUT2D eigenvalue weighted by molar-refractivity contribution is 14.1. The van der Waals surface area contributed by atoms with Gasteiger partial charge in [-0.05, 0) is 38.6 Å². The van der Waals surface area contributed by atoms with Crippen molar-refractivity contribution in [3.63, 3.8) is 0 Å². The van der Waals surface area contributed by atoms with Gasteiger partial charge in [0.1, 0.15) is 0 Å². The largest absolute Gasteiger partial charge is 0.291 e. The predicted molar refractivity (Wildman–Crippen MR) is 68.7 cm³/mol. The third-order valence-corrected chi connectivity index (χ3v) is 3.84. The van der Waals surface area contributed by atoms with Crippen molar-refractivity contribution < 1.29 is 0 Å². The standard InChI is InChI=1S/C11H17IN2/c1-4-7-14(3)11(12)10-6-5-9(2)13-8-10/h5-6,8,11H,4,7H2,1-3H3/t11-/m1/s1. The maximum absolute atomic E-state index is 4.31. The topological polar surface area (TPSA) is 16.1 Å². The van der Waals surface area contributed by atoms with Crippen LogP contribution in [0.2, 0.25) is 0 Å². The van der Waals surface area contributed by atoms with Crippen LogP contribution in [0, 0.1) is 6.92 Å². The molecule has 2 nitrogen and oxygen atoms in total. The van der Waals surface area contributed by atoms with Crippen LogP contribution in [0.1, 0.15) is 28.7 Å². The summed E-state index contributed by atoms with van der Waals surface area (Å²) in [7, 11) is 2.15. The zero-order valence-corrected chi connectivity index (χ0v) is 11.2. The molecule has 0 aliphatic rings. The number of rotatable bonds is 4. The molecule has 0 N–H and O–H groups in total. The van der Waals surface area contributed by atoms with Crippen LogP contribution in [0.25, 0.3) is 0 Å². The van der Waals surface area contributed by atoms with Crippen LogP contribution in [0.5, 0.6) is 0 Å². The summed E-state index contributed by atoms with van der Waals surface area (Å²) in [6.07, 6.45) is 3.16. The van der Waals surface area contributed by atoms with E-state index in [1.165, 1.54) is 12.0 Å². The van der Waals surface area contributed by atoms with Crippen LogP contribution in [0.3, 0.4) is 0 Å². The molecule has 78 valence electrons. The minimum Gasteiger partial charge on any atom is -0.291 e. The molecule has 1 heterocycles. The summed E-state index contributed by atoms with van der Waals surface area (Å²) in [4.78, 5) is 6.65. The van der Waals surface area contributed by atoms with E-state index in [9.17, 15) is 0 Å². The summed E-state index contributed by atoms with van der Waals surface area (Å²) < 4.78 is 0.431. The van der Waals surface area contributed by atoms with Gasteiger partial charge in [0.25, 0.3) is 0 Å². The summed E-state index contributed by atoms with van der Waals surface area (Å²) in [6, 6.07) is 4.23. The molecule has 0 unspecified atom stereocenters. The third-order valence-electron chi connectivity index (χ3n) is 2.17. The average molecular weight is 304 g/mol. The second-order valence-electron chi connectivity index (χ2n) is 3.55. The van der Waals surface area contributed by atoms with Crippen molar-refractivity contribution >= 4 is 22.6 Å². The molecule has 0 radical (unpaired) electrons. The van der Waals surface area contributed by atoms with E-state index in [1.54, 1.807) is 0 Å². The van der Waals surface area contributed by atoms with Crippen molar-refractivity contribution in [3.8, 4) is 0 Å². The maximum Gasteiger partial charge on any atom is 0.0886 e. The van der Waals surface area contributed by atoms with Gasteiger partial charge in [-0.1, -0.05) is 35.6 Å². The number of pyridine rings is 1. The van der Waals surface area contributed by atoms with Crippen LogP contribution in [0.4, 0.5) is 0 Å². The zero-order chi connectivity index (χ0) is 10.6. The number of nitrogens with zero attached hydrogens (tertiary/aromatic N) is 2. The Morgan fingerprint density at radius 3 is 2.71 bits per heavy atom. The molecule has 0 saturated heterocycles. The van der Waals surface area contributed by atoms with Crippen molar-refractivity contribution in [3.05, 3.63) is 29.6 Å². The second-order valence-corrected chi connectivity index (χ2v) is 4.73. The minimum absolute atomic E-state index is 0.431. The highest BCUT2D eigenvalue weighted by atomic mass is 127. The molecule has 1 aromatic rings. The smallest absolute Gasteiger partial charge is 0.0886 e.